The number of cyclic esters (lactones) is 1. The van der Waals surface area contributed by atoms with Gasteiger partial charge >= 0.3 is 5.97 Å². The molecule has 0 amide bonds. The zero-order valence-electron chi connectivity index (χ0n) is 21.1. The minimum absolute atomic E-state index is 0.0414. The first-order chi connectivity index (χ1) is 15.4. The lowest BCUT2D eigenvalue weighted by Crippen LogP contribution is -2.38. The first kappa shape index (κ1) is 26.8. The Balaban J connectivity index is 2.31. The minimum atomic E-state index is -0.769. The van der Waals surface area contributed by atoms with E-state index in [0.717, 1.165) is 17.6 Å². The van der Waals surface area contributed by atoms with Crippen molar-refractivity contribution in [2.75, 3.05) is 0 Å². The summed E-state index contributed by atoms with van der Waals surface area (Å²) in [5, 5.41) is 14.7. The lowest BCUT2D eigenvalue weighted by molar-refractivity contribution is -0.148. The van der Waals surface area contributed by atoms with Gasteiger partial charge in [-0.25, -0.2) is 0 Å². The molecule has 6 nitrogen and oxygen atoms in total. The summed E-state index contributed by atoms with van der Waals surface area (Å²) in [6, 6.07) is 1.83. The number of aliphatic hydroxyl groups excluding tert-OH is 1. The lowest BCUT2D eigenvalue weighted by Gasteiger charge is -2.30. The van der Waals surface area contributed by atoms with E-state index in [1.165, 1.54) is 0 Å². The summed E-state index contributed by atoms with van der Waals surface area (Å²) in [6.07, 6.45) is 8.50. The van der Waals surface area contributed by atoms with Gasteiger partial charge in [-0.15, -0.1) is 0 Å². The summed E-state index contributed by atoms with van der Waals surface area (Å²) in [7, 11) is 0. The third-order valence-corrected chi connectivity index (χ3v) is 6.45. The van der Waals surface area contributed by atoms with Crippen LogP contribution < -0.4 is 0 Å². The van der Waals surface area contributed by atoms with Crippen LogP contribution in [0.2, 0.25) is 0 Å². The molecule has 1 aliphatic heterocycles. The van der Waals surface area contributed by atoms with E-state index >= 15 is 0 Å². The van der Waals surface area contributed by atoms with Crippen molar-refractivity contribution in [2.24, 2.45) is 17.3 Å². The summed E-state index contributed by atoms with van der Waals surface area (Å²) in [5.41, 5.74) is 1.95. The van der Waals surface area contributed by atoms with E-state index in [9.17, 15) is 14.7 Å². The van der Waals surface area contributed by atoms with Gasteiger partial charge in [0.1, 0.15) is 23.3 Å². The van der Waals surface area contributed by atoms with Crippen molar-refractivity contribution in [3.63, 3.8) is 0 Å². The van der Waals surface area contributed by atoms with Gasteiger partial charge in [-0.05, 0) is 45.3 Å². The number of ether oxygens (including phenoxy) is 1. The SMILES string of the molecule is C/C1=C/CC(/C(C)=C/c2cc(C)on2)OC(=O)CCC(C)(C)C(=O)C(C)C(O)C(C)/C=C/C1. The van der Waals surface area contributed by atoms with E-state index in [0.29, 0.717) is 24.3 Å². The van der Waals surface area contributed by atoms with Gasteiger partial charge in [0.15, 0.2) is 0 Å². The average molecular weight is 458 g/mol. The third-order valence-electron chi connectivity index (χ3n) is 6.45. The molecule has 1 aliphatic rings. The van der Waals surface area contributed by atoms with Crippen LogP contribution in [-0.2, 0) is 14.3 Å². The van der Waals surface area contributed by atoms with Crippen molar-refractivity contribution in [2.45, 2.75) is 86.4 Å². The molecule has 0 saturated heterocycles. The Labute approximate surface area is 197 Å². The van der Waals surface area contributed by atoms with Crippen LogP contribution in [0.25, 0.3) is 6.08 Å². The number of allylic oxidation sites excluding steroid dienone is 2. The number of aryl methyl sites for hydroxylation is 1. The van der Waals surface area contributed by atoms with Gasteiger partial charge in [-0.2, -0.15) is 0 Å². The van der Waals surface area contributed by atoms with Gasteiger partial charge in [0, 0.05) is 36.2 Å². The predicted octanol–water partition coefficient (Wildman–Crippen LogP) is 5.60. The van der Waals surface area contributed by atoms with Crippen molar-refractivity contribution in [1.82, 2.24) is 5.16 Å². The summed E-state index contributed by atoms with van der Waals surface area (Å²) in [6.45, 7) is 13.1. The molecule has 1 aromatic rings. The second-order valence-electron chi connectivity index (χ2n) is 10.0. The number of hydrogen-bond donors (Lipinski definition) is 1. The highest BCUT2D eigenvalue weighted by Crippen LogP contribution is 2.31. The Morgan fingerprint density at radius 1 is 1.24 bits per heavy atom. The number of carbonyl (C=O) groups excluding carboxylic acids is 2. The fourth-order valence-corrected chi connectivity index (χ4v) is 4.06. The van der Waals surface area contributed by atoms with E-state index in [1.807, 2.05) is 65.8 Å². The van der Waals surface area contributed by atoms with Crippen LogP contribution >= 0.6 is 0 Å². The van der Waals surface area contributed by atoms with Gasteiger partial charge in [0.25, 0.3) is 0 Å². The quantitative estimate of drug-likeness (QED) is 0.459. The van der Waals surface area contributed by atoms with Gasteiger partial charge < -0.3 is 14.4 Å². The average Bonchev–Trinajstić information content (AvgIpc) is 3.17. The van der Waals surface area contributed by atoms with E-state index < -0.39 is 23.5 Å². The number of nitrogens with zero attached hydrogens (tertiary/aromatic N) is 1. The molecule has 2 rings (SSSR count). The molecule has 0 fully saturated rings. The Hall–Kier alpha value is -2.47. The highest BCUT2D eigenvalue weighted by molar-refractivity contribution is 5.87. The van der Waals surface area contributed by atoms with Crippen LogP contribution in [-0.4, -0.2) is 34.2 Å². The van der Waals surface area contributed by atoms with Crippen LogP contribution in [0.1, 0.15) is 78.7 Å². The molecule has 4 atom stereocenters. The molecule has 0 saturated carbocycles. The summed E-state index contributed by atoms with van der Waals surface area (Å²) >= 11 is 0. The second kappa shape index (κ2) is 11.6. The van der Waals surface area contributed by atoms with Gasteiger partial charge in [-0.3, -0.25) is 9.59 Å². The molecule has 182 valence electrons. The Morgan fingerprint density at radius 2 is 1.94 bits per heavy atom. The van der Waals surface area contributed by atoms with Crippen LogP contribution in [0.4, 0.5) is 0 Å². The van der Waals surface area contributed by atoms with Crippen molar-refractivity contribution in [3.05, 3.63) is 46.9 Å². The van der Waals surface area contributed by atoms with E-state index in [-0.39, 0.29) is 24.1 Å². The number of aliphatic hydroxyl groups is 1. The number of aromatic nitrogens is 1. The number of ketones is 1. The molecule has 0 bridgehead atoms. The summed E-state index contributed by atoms with van der Waals surface area (Å²) in [5.74, 6) is -0.338. The Bertz CT molecular complexity index is 921. The van der Waals surface area contributed by atoms with Gasteiger partial charge in [0.2, 0.25) is 0 Å². The second-order valence-corrected chi connectivity index (χ2v) is 10.0. The van der Waals surface area contributed by atoms with Crippen molar-refractivity contribution >= 4 is 17.8 Å². The Kier molecular flexibility index (Phi) is 9.41. The lowest BCUT2D eigenvalue weighted by atomic mass is 9.75. The normalized spacial score (nSPS) is 30.9. The number of carbonyl (C=O) groups is 2. The van der Waals surface area contributed by atoms with Crippen LogP contribution in [0.3, 0.4) is 0 Å². The minimum Gasteiger partial charge on any atom is -0.457 e. The fourth-order valence-electron chi connectivity index (χ4n) is 4.06. The van der Waals surface area contributed by atoms with Gasteiger partial charge in [-0.1, -0.05) is 56.7 Å². The molecule has 0 radical (unpaired) electrons. The molecule has 0 spiro atoms. The smallest absolute Gasteiger partial charge is 0.306 e. The molecule has 0 aromatic carbocycles. The standard InChI is InChI=1S/C27H39NO5/c1-17-9-8-10-18(2)25(30)21(5)26(31)27(6,7)14-13-24(29)32-23(12-11-17)19(3)15-22-16-20(4)33-28-22/h8,10-11,15-16,18,21,23,25,30H,9,12-14H2,1-7H3/b10-8+,17-11-,19-15+. The number of Topliss-reactive ketones (excluding diaryl/α,β-unsaturated/α-hetero) is 1. The molecular formula is C27H39NO5. The summed E-state index contributed by atoms with van der Waals surface area (Å²) in [4.78, 5) is 25.8. The van der Waals surface area contributed by atoms with Crippen molar-refractivity contribution < 1.29 is 24.0 Å². The first-order valence-electron chi connectivity index (χ1n) is 11.8. The molecule has 2 heterocycles. The number of esters is 1. The van der Waals surface area contributed by atoms with E-state index in [1.54, 1.807) is 6.92 Å². The maximum atomic E-state index is 13.1. The molecular weight excluding hydrogens is 418 g/mol. The van der Waals surface area contributed by atoms with Crippen LogP contribution in [0, 0.1) is 24.2 Å². The monoisotopic (exact) mass is 457 g/mol. The van der Waals surface area contributed by atoms with E-state index in [2.05, 4.69) is 11.2 Å². The third kappa shape index (κ3) is 7.81. The molecule has 6 heteroatoms. The highest BCUT2D eigenvalue weighted by Gasteiger charge is 2.36. The maximum absolute atomic E-state index is 13.1. The van der Waals surface area contributed by atoms with E-state index in [4.69, 9.17) is 9.26 Å². The largest absolute Gasteiger partial charge is 0.457 e. The molecule has 0 aliphatic carbocycles. The molecule has 4 unspecified atom stereocenters. The molecule has 33 heavy (non-hydrogen) atoms. The summed E-state index contributed by atoms with van der Waals surface area (Å²) < 4.78 is 11.0. The number of hydrogen-bond acceptors (Lipinski definition) is 6. The molecule has 1 N–H and O–H groups in total. The topological polar surface area (TPSA) is 89.6 Å². The zero-order valence-corrected chi connectivity index (χ0v) is 21.1. The highest BCUT2D eigenvalue weighted by atomic mass is 16.5. The van der Waals surface area contributed by atoms with Crippen LogP contribution in [0.15, 0.2) is 40.0 Å². The zero-order chi connectivity index (χ0) is 24.8. The fraction of sp³-hybridized carbons (Fsp3) is 0.593. The van der Waals surface area contributed by atoms with Crippen molar-refractivity contribution in [3.8, 4) is 0 Å². The molecule has 1 aromatic heterocycles. The predicted molar refractivity (Wildman–Crippen MR) is 129 cm³/mol. The first-order valence-corrected chi connectivity index (χ1v) is 11.8. The van der Waals surface area contributed by atoms with Crippen LogP contribution in [0.5, 0.6) is 0 Å². The number of rotatable bonds is 2. The van der Waals surface area contributed by atoms with Crippen molar-refractivity contribution in [1.29, 1.82) is 0 Å². The maximum Gasteiger partial charge on any atom is 0.306 e. The Morgan fingerprint density at radius 3 is 2.58 bits per heavy atom. The van der Waals surface area contributed by atoms with Gasteiger partial charge in [0.05, 0.1) is 6.10 Å².